The highest BCUT2D eigenvalue weighted by Gasteiger charge is 2.16. The predicted octanol–water partition coefficient (Wildman–Crippen LogP) is 2.83. The van der Waals surface area contributed by atoms with E-state index in [1.54, 1.807) is 29.6 Å². The molecule has 1 amide bonds. The molecule has 0 aliphatic heterocycles. The number of esters is 1. The Morgan fingerprint density at radius 3 is 2.88 bits per heavy atom. The number of carbonyl (C=O) groups excluding carboxylic acids is 2. The van der Waals surface area contributed by atoms with Gasteiger partial charge >= 0.3 is 5.97 Å². The standard InChI is InChI=1S/C18H12N2O5S/c1-10-2-3-14-12(6-10)13(21)7-15(25-14)18(23)24-9-16(22)20-17-11(8-19)4-5-26-17/h2-7H,9H2,1H3,(H,20,22). The Labute approximate surface area is 151 Å². The number of hydrogen-bond donors (Lipinski definition) is 1. The molecule has 0 unspecified atom stereocenters. The molecule has 0 saturated carbocycles. The summed E-state index contributed by atoms with van der Waals surface area (Å²) in [6, 6.07) is 9.55. The van der Waals surface area contributed by atoms with Gasteiger partial charge in [-0.25, -0.2) is 4.79 Å². The van der Waals surface area contributed by atoms with Gasteiger partial charge in [0.15, 0.2) is 12.0 Å². The summed E-state index contributed by atoms with van der Waals surface area (Å²) in [6.07, 6.45) is 0. The van der Waals surface area contributed by atoms with Gasteiger partial charge in [0.05, 0.1) is 10.9 Å². The maximum atomic E-state index is 12.1. The number of fused-ring (bicyclic) bond motifs is 1. The Bertz CT molecular complexity index is 1110. The van der Waals surface area contributed by atoms with Crippen LogP contribution in [-0.2, 0) is 9.53 Å². The number of aryl methyl sites for hydroxylation is 1. The number of nitrogens with one attached hydrogen (secondary N) is 1. The quantitative estimate of drug-likeness (QED) is 0.709. The lowest BCUT2D eigenvalue weighted by Gasteiger charge is -2.06. The molecule has 0 fully saturated rings. The van der Waals surface area contributed by atoms with Crippen LogP contribution < -0.4 is 10.7 Å². The largest absolute Gasteiger partial charge is 0.450 e. The minimum atomic E-state index is -0.925. The van der Waals surface area contributed by atoms with Crippen molar-refractivity contribution < 1.29 is 18.7 Å². The summed E-state index contributed by atoms with van der Waals surface area (Å²) < 4.78 is 10.3. The number of amides is 1. The summed E-state index contributed by atoms with van der Waals surface area (Å²) in [5.74, 6) is -1.81. The van der Waals surface area contributed by atoms with Crippen molar-refractivity contribution >= 4 is 39.2 Å². The lowest BCUT2D eigenvalue weighted by Crippen LogP contribution is -2.21. The minimum absolute atomic E-state index is 0.261. The highest BCUT2D eigenvalue weighted by Crippen LogP contribution is 2.22. The average Bonchev–Trinajstić information content (AvgIpc) is 3.07. The molecule has 7 nitrogen and oxygen atoms in total. The van der Waals surface area contributed by atoms with Gasteiger partial charge in [0.25, 0.3) is 5.91 Å². The molecule has 2 heterocycles. The maximum Gasteiger partial charge on any atom is 0.374 e. The van der Waals surface area contributed by atoms with E-state index in [1.165, 1.54) is 11.3 Å². The number of rotatable bonds is 4. The zero-order valence-electron chi connectivity index (χ0n) is 13.6. The van der Waals surface area contributed by atoms with E-state index in [0.717, 1.165) is 11.6 Å². The number of hydrogen-bond acceptors (Lipinski definition) is 7. The molecule has 0 aliphatic carbocycles. The Balaban J connectivity index is 1.69. The van der Waals surface area contributed by atoms with Gasteiger partial charge in [-0.1, -0.05) is 11.6 Å². The first-order valence-electron chi connectivity index (χ1n) is 7.47. The van der Waals surface area contributed by atoms with Crippen LogP contribution in [0.5, 0.6) is 0 Å². The van der Waals surface area contributed by atoms with Crippen molar-refractivity contribution in [3.63, 3.8) is 0 Å². The molecule has 0 radical (unpaired) electrons. The topological polar surface area (TPSA) is 109 Å². The van der Waals surface area contributed by atoms with Gasteiger partial charge in [0.2, 0.25) is 5.76 Å². The summed E-state index contributed by atoms with van der Waals surface area (Å²) in [7, 11) is 0. The lowest BCUT2D eigenvalue weighted by molar-refractivity contribution is -0.119. The molecule has 1 N–H and O–H groups in total. The van der Waals surface area contributed by atoms with Gasteiger partial charge in [-0.05, 0) is 30.5 Å². The molecule has 0 atom stereocenters. The van der Waals surface area contributed by atoms with E-state index < -0.39 is 18.5 Å². The molecule has 0 saturated heterocycles. The fourth-order valence-corrected chi connectivity index (χ4v) is 2.98. The minimum Gasteiger partial charge on any atom is -0.450 e. The molecular formula is C18H12N2O5S. The van der Waals surface area contributed by atoms with E-state index in [0.29, 0.717) is 16.0 Å². The first-order chi connectivity index (χ1) is 12.5. The smallest absolute Gasteiger partial charge is 0.374 e. The van der Waals surface area contributed by atoms with Gasteiger partial charge in [-0.2, -0.15) is 5.26 Å². The molecule has 1 aromatic carbocycles. The molecule has 3 aromatic rings. The van der Waals surface area contributed by atoms with Crippen LogP contribution in [0, 0.1) is 18.3 Å². The van der Waals surface area contributed by atoms with E-state index in [-0.39, 0.29) is 16.8 Å². The van der Waals surface area contributed by atoms with Crippen LogP contribution >= 0.6 is 11.3 Å². The van der Waals surface area contributed by atoms with Crippen molar-refractivity contribution in [1.82, 2.24) is 0 Å². The Kier molecular flexibility index (Phi) is 4.82. The van der Waals surface area contributed by atoms with Gasteiger partial charge in [0, 0.05) is 6.07 Å². The molecular weight excluding hydrogens is 356 g/mol. The second-order valence-corrected chi connectivity index (χ2v) is 6.29. The second-order valence-electron chi connectivity index (χ2n) is 5.37. The second kappa shape index (κ2) is 7.21. The monoisotopic (exact) mass is 368 g/mol. The summed E-state index contributed by atoms with van der Waals surface area (Å²) in [5.41, 5.74) is 1.10. The Morgan fingerprint density at radius 1 is 1.31 bits per heavy atom. The van der Waals surface area contributed by atoms with Crippen molar-refractivity contribution in [3.05, 3.63) is 62.8 Å². The van der Waals surface area contributed by atoms with Gasteiger partial charge in [-0.15, -0.1) is 11.3 Å². The number of benzene rings is 1. The van der Waals surface area contributed by atoms with Crippen LogP contribution in [0.2, 0.25) is 0 Å². The Morgan fingerprint density at radius 2 is 2.12 bits per heavy atom. The fraction of sp³-hybridized carbons (Fsp3) is 0.111. The molecule has 3 rings (SSSR count). The van der Waals surface area contributed by atoms with Crippen molar-refractivity contribution in [1.29, 1.82) is 5.26 Å². The number of anilines is 1. The average molecular weight is 368 g/mol. The third-order valence-electron chi connectivity index (χ3n) is 3.46. The number of nitrogens with zero attached hydrogens (tertiary/aromatic N) is 1. The highest BCUT2D eigenvalue weighted by molar-refractivity contribution is 7.14. The molecule has 0 spiro atoms. The number of nitriles is 1. The predicted molar refractivity (Wildman–Crippen MR) is 95.2 cm³/mol. The lowest BCUT2D eigenvalue weighted by atomic mass is 10.1. The fourth-order valence-electron chi connectivity index (χ4n) is 2.23. The number of thiophene rings is 1. The van der Waals surface area contributed by atoms with Crippen molar-refractivity contribution in [2.24, 2.45) is 0 Å². The Hall–Kier alpha value is -3.44. The maximum absolute atomic E-state index is 12.1. The summed E-state index contributed by atoms with van der Waals surface area (Å²) in [6.45, 7) is 1.27. The summed E-state index contributed by atoms with van der Waals surface area (Å²) in [5, 5.41) is 13.8. The highest BCUT2D eigenvalue weighted by atomic mass is 32.1. The molecule has 0 bridgehead atoms. The zero-order chi connectivity index (χ0) is 18.7. The van der Waals surface area contributed by atoms with Crippen LogP contribution in [0.4, 0.5) is 5.00 Å². The molecule has 8 heteroatoms. The number of ether oxygens (including phenoxy) is 1. The van der Waals surface area contributed by atoms with Gasteiger partial charge in [-0.3, -0.25) is 9.59 Å². The molecule has 0 aliphatic rings. The van der Waals surface area contributed by atoms with E-state index in [1.807, 2.05) is 13.0 Å². The van der Waals surface area contributed by atoms with Crippen LogP contribution in [0.25, 0.3) is 11.0 Å². The summed E-state index contributed by atoms with van der Waals surface area (Å²) >= 11 is 1.18. The van der Waals surface area contributed by atoms with E-state index in [2.05, 4.69) is 5.32 Å². The number of carbonyl (C=O) groups is 2. The molecule has 26 heavy (non-hydrogen) atoms. The molecule has 2 aromatic heterocycles. The van der Waals surface area contributed by atoms with Crippen LogP contribution in [-0.4, -0.2) is 18.5 Å². The van der Waals surface area contributed by atoms with Crippen molar-refractivity contribution in [3.8, 4) is 6.07 Å². The first kappa shape index (κ1) is 17.4. The third kappa shape index (κ3) is 3.63. The van der Waals surface area contributed by atoms with E-state index in [4.69, 9.17) is 14.4 Å². The third-order valence-corrected chi connectivity index (χ3v) is 4.29. The van der Waals surface area contributed by atoms with Crippen molar-refractivity contribution in [2.75, 3.05) is 11.9 Å². The van der Waals surface area contributed by atoms with Gasteiger partial charge in [0.1, 0.15) is 16.7 Å². The van der Waals surface area contributed by atoms with Crippen LogP contribution in [0.3, 0.4) is 0 Å². The van der Waals surface area contributed by atoms with Crippen LogP contribution in [0.1, 0.15) is 21.7 Å². The van der Waals surface area contributed by atoms with Gasteiger partial charge < -0.3 is 14.5 Å². The first-order valence-corrected chi connectivity index (χ1v) is 8.35. The van der Waals surface area contributed by atoms with E-state index in [9.17, 15) is 14.4 Å². The summed E-state index contributed by atoms with van der Waals surface area (Å²) in [4.78, 5) is 36.0. The molecule has 130 valence electrons. The zero-order valence-corrected chi connectivity index (χ0v) is 14.4. The van der Waals surface area contributed by atoms with Crippen molar-refractivity contribution in [2.45, 2.75) is 6.92 Å². The van der Waals surface area contributed by atoms with Crippen LogP contribution in [0.15, 0.2) is 44.9 Å². The van der Waals surface area contributed by atoms with E-state index >= 15 is 0 Å². The SMILES string of the molecule is Cc1ccc2oc(C(=O)OCC(=O)Nc3sccc3C#N)cc(=O)c2c1. The normalized spacial score (nSPS) is 10.3.